The lowest BCUT2D eigenvalue weighted by atomic mass is 10.1. The molecule has 8 nitrogen and oxygen atoms in total. The second-order valence-corrected chi connectivity index (χ2v) is 10.7. The number of ether oxygens (including phenoxy) is 5. The number of benzene rings is 2. The molecule has 0 spiro atoms. The number of hydrogen-bond acceptors (Lipinski definition) is 7. The first kappa shape index (κ1) is 29.5. The minimum absolute atomic E-state index is 0.266. The summed E-state index contributed by atoms with van der Waals surface area (Å²) in [6.45, 7) is 5.66. The maximum Gasteiger partial charge on any atom is 0.222 e. The molecule has 1 amide bonds. The Morgan fingerprint density at radius 3 is 2.74 bits per heavy atom. The largest absolute Gasteiger partial charge is 0.493 e. The molecule has 2 aromatic carbocycles. The summed E-state index contributed by atoms with van der Waals surface area (Å²) in [4.78, 5) is 16.5. The van der Waals surface area contributed by atoms with E-state index in [9.17, 15) is 4.79 Å². The van der Waals surface area contributed by atoms with Crippen molar-refractivity contribution in [3.05, 3.63) is 53.1 Å². The molecular formula is C30H41ClN2O6. The van der Waals surface area contributed by atoms with Crippen molar-refractivity contribution in [2.45, 2.75) is 44.2 Å². The molecule has 2 aromatic rings. The monoisotopic (exact) mass is 560 g/mol. The Morgan fingerprint density at radius 2 is 1.92 bits per heavy atom. The lowest BCUT2D eigenvalue weighted by Gasteiger charge is -2.34. The van der Waals surface area contributed by atoms with Crippen LogP contribution < -0.4 is 14.2 Å². The van der Waals surface area contributed by atoms with E-state index in [1.807, 2.05) is 35.2 Å². The SMILES string of the molecule is COc1cc(CN2CCOC[C@@](COc3cccc(Cl)c3)(OC)C2)ccc1OCCCN1CCCCCC1=O. The van der Waals surface area contributed by atoms with Crippen LogP contribution in [0.5, 0.6) is 17.2 Å². The highest BCUT2D eigenvalue weighted by atomic mass is 35.5. The van der Waals surface area contributed by atoms with Crippen LogP contribution in [0.2, 0.25) is 5.02 Å². The van der Waals surface area contributed by atoms with E-state index >= 15 is 0 Å². The van der Waals surface area contributed by atoms with Gasteiger partial charge < -0.3 is 28.6 Å². The molecule has 0 aromatic heterocycles. The van der Waals surface area contributed by atoms with Gasteiger partial charge in [0.2, 0.25) is 5.91 Å². The number of rotatable bonds is 12. The summed E-state index contributed by atoms with van der Waals surface area (Å²) < 4.78 is 29.6. The van der Waals surface area contributed by atoms with Crippen LogP contribution in [-0.2, 0) is 20.8 Å². The Bertz CT molecular complexity index is 1070. The predicted octanol–water partition coefficient (Wildman–Crippen LogP) is 4.82. The summed E-state index contributed by atoms with van der Waals surface area (Å²) in [5.74, 6) is 2.38. The van der Waals surface area contributed by atoms with Gasteiger partial charge in [-0.3, -0.25) is 9.69 Å². The van der Waals surface area contributed by atoms with Crippen LogP contribution in [0.1, 0.15) is 37.7 Å². The van der Waals surface area contributed by atoms with Crippen LogP contribution in [0.3, 0.4) is 0 Å². The molecule has 0 radical (unpaired) electrons. The van der Waals surface area contributed by atoms with Crippen molar-refractivity contribution < 1.29 is 28.5 Å². The number of amides is 1. The number of halogens is 1. The fourth-order valence-electron chi connectivity index (χ4n) is 5.06. The Balaban J connectivity index is 1.32. The van der Waals surface area contributed by atoms with Crippen LogP contribution in [-0.4, -0.2) is 88.1 Å². The van der Waals surface area contributed by atoms with Gasteiger partial charge in [-0.05, 0) is 55.2 Å². The van der Waals surface area contributed by atoms with Crippen LogP contribution in [0.15, 0.2) is 42.5 Å². The quantitative estimate of drug-likeness (QED) is 0.345. The maximum atomic E-state index is 12.2. The van der Waals surface area contributed by atoms with Gasteiger partial charge in [0.15, 0.2) is 11.5 Å². The standard InChI is InChI=1S/C30H41ClN2O6/c1-35-28-18-24(11-12-27(28)38-16-7-14-33-13-5-3-4-10-29(33)34)20-32-15-17-37-22-30(21-32,36-2)23-39-26-9-6-8-25(31)19-26/h6,8-9,11-12,18-19H,3-5,7,10,13-17,20-23H2,1-2H3/t30-/m0/s1. The number of likely N-dealkylation sites (tertiary alicyclic amines) is 1. The molecule has 39 heavy (non-hydrogen) atoms. The third-order valence-corrected chi connectivity index (χ3v) is 7.53. The van der Waals surface area contributed by atoms with Crippen molar-refractivity contribution in [1.29, 1.82) is 0 Å². The molecule has 0 saturated carbocycles. The summed E-state index contributed by atoms with van der Waals surface area (Å²) in [5, 5.41) is 0.631. The number of carbonyl (C=O) groups is 1. The fourth-order valence-corrected chi connectivity index (χ4v) is 5.24. The first-order chi connectivity index (χ1) is 19.0. The van der Waals surface area contributed by atoms with Crippen molar-refractivity contribution in [1.82, 2.24) is 9.80 Å². The molecule has 214 valence electrons. The van der Waals surface area contributed by atoms with E-state index < -0.39 is 5.60 Å². The van der Waals surface area contributed by atoms with Crippen molar-refractivity contribution in [3.8, 4) is 17.2 Å². The molecule has 2 heterocycles. The van der Waals surface area contributed by atoms with E-state index in [2.05, 4.69) is 11.0 Å². The summed E-state index contributed by atoms with van der Waals surface area (Å²) in [7, 11) is 3.36. The van der Waals surface area contributed by atoms with Crippen molar-refractivity contribution in [2.24, 2.45) is 0 Å². The predicted molar refractivity (Wildman–Crippen MR) is 151 cm³/mol. The third kappa shape index (κ3) is 8.73. The molecule has 2 fully saturated rings. The van der Waals surface area contributed by atoms with E-state index in [1.54, 1.807) is 20.3 Å². The zero-order valence-corrected chi connectivity index (χ0v) is 23.9. The zero-order valence-electron chi connectivity index (χ0n) is 23.2. The number of methoxy groups -OCH3 is 2. The Kier molecular flexibility index (Phi) is 11.1. The van der Waals surface area contributed by atoms with Gasteiger partial charge in [0.05, 0.1) is 26.9 Å². The Hall–Kier alpha value is -2.52. The molecule has 0 bridgehead atoms. The second kappa shape index (κ2) is 14.7. The fraction of sp³-hybridized carbons (Fsp3) is 0.567. The van der Waals surface area contributed by atoms with Crippen LogP contribution in [0, 0.1) is 0 Å². The maximum absolute atomic E-state index is 12.2. The minimum atomic E-state index is -0.610. The molecular weight excluding hydrogens is 520 g/mol. The van der Waals surface area contributed by atoms with Gasteiger partial charge in [-0.15, -0.1) is 0 Å². The average molecular weight is 561 g/mol. The van der Waals surface area contributed by atoms with Gasteiger partial charge >= 0.3 is 0 Å². The molecule has 1 atom stereocenters. The normalized spacial score (nSPS) is 20.8. The summed E-state index contributed by atoms with van der Waals surface area (Å²) in [6.07, 6.45) is 4.69. The zero-order chi connectivity index (χ0) is 27.5. The van der Waals surface area contributed by atoms with Crippen LogP contribution >= 0.6 is 11.6 Å². The second-order valence-electron chi connectivity index (χ2n) is 10.3. The van der Waals surface area contributed by atoms with Crippen molar-refractivity contribution in [3.63, 3.8) is 0 Å². The molecule has 2 aliphatic rings. The first-order valence-electron chi connectivity index (χ1n) is 13.8. The van der Waals surface area contributed by atoms with Gasteiger partial charge in [-0.2, -0.15) is 0 Å². The molecule has 4 rings (SSSR count). The van der Waals surface area contributed by atoms with Crippen LogP contribution in [0.4, 0.5) is 0 Å². The molecule has 0 aliphatic carbocycles. The van der Waals surface area contributed by atoms with Gasteiger partial charge in [0.1, 0.15) is 18.0 Å². The van der Waals surface area contributed by atoms with E-state index in [1.165, 1.54) is 0 Å². The van der Waals surface area contributed by atoms with Gasteiger partial charge in [-0.25, -0.2) is 0 Å². The van der Waals surface area contributed by atoms with E-state index in [4.69, 9.17) is 35.3 Å². The third-order valence-electron chi connectivity index (χ3n) is 7.30. The Labute approximate surface area is 237 Å². The number of nitrogens with zero attached hydrogens (tertiary/aromatic N) is 2. The smallest absolute Gasteiger partial charge is 0.222 e. The molecule has 9 heteroatoms. The lowest BCUT2D eigenvalue weighted by Crippen LogP contribution is -2.50. The molecule has 2 saturated heterocycles. The van der Waals surface area contributed by atoms with E-state index in [0.29, 0.717) is 68.2 Å². The van der Waals surface area contributed by atoms with Crippen molar-refractivity contribution >= 4 is 17.5 Å². The van der Waals surface area contributed by atoms with Crippen LogP contribution in [0.25, 0.3) is 0 Å². The number of carbonyl (C=O) groups excluding carboxylic acids is 1. The summed E-state index contributed by atoms with van der Waals surface area (Å²) in [5.41, 5.74) is 0.498. The summed E-state index contributed by atoms with van der Waals surface area (Å²) in [6, 6.07) is 13.4. The highest BCUT2D eigenvalue weighted by Crippen LogP contribution is 2.30. The van der Waals surface area contributed by atoms with E-state index in [0.717, 1.165) is 50.9 Å². The Morgan fingerprint density at radius 1 is 1.03 bits per heavy atom. The highest BCUT2D eigenvalue weighted by molar-refractivity contribution is 6.30. The van der Waals surface area contributed by atoms with Crippen molar-refractivity contribution in [2.75, 3.05) is 66.8 Å². The molecule has 0 unspecified atom stereocenters. The first-order valence-corrected chi connectivity index (χ1v) is 14.2. The van der Waals surface area contributed by atoms with E-state index in [-0.39, 0.29) is 5.91 Å². The average Bonchev–Trinajstić information content (AvgIpc) is 3.28. The van der Waals surface area contributed by atoms with Gasteiger partial charge in [0, 0.05) is 51.3 Å². The molecule has 2 aliphatic heterocycles. The lowest BCUT2D eigenvalue weighted by molar-refractivity contribution is -0.130. The minimum Gasteiger partial charge on any atom is -0.493 e. The summed E-state index contributed by atoms with van der Waals surface area (Å²) >= 11 is 6.11. The number of hydrogen-bond donors (Lipinski definition) is 0. The van der Waals surface area contributed by atoms with Gasteiger partial charge in [-0.1, -0.05) is 30.2 Å². The van der Waals surface area contributed by atoms with Gasteiger partial charge in [0.25, 0.3) is 0 Å². The molecule has 0 N–H and O–H groups in total. The highest BCUT2D eigenvalue weighted by Gasteiger charge is 2.36. The topological polar surface area (TPSA) is 69.7 Å².